The van der Waals surface area contributed by atoms with Crippen molar-refractivity contribution in [2.24, 2.45) is 0 Å². The maximum absolute atomic E-state index is 12.3. The molecule has 0 spiro atoms. The Morgan fingerprint density at radius 3 is 2.74 bits per heavy atom. The third-order valence-corrected chi connectivity index (χ3v) is 4.47. The van der Waals surface area contributed by atoms with E-state index in [2.05, 4.69) is 5.32 Å². The molecule has 0 radical (unpaired) electrons. The molecule has 1 heterocycles. The van der Waals surface area contributed by atoms with Crippen molar-refractivity contribution in [3.8, 4) is 5.75 Å². The number of esters is 1. The molecule has 7 heteroatoms. The Balaban J connectivity index is 1.52. The number of nitrogens with one attached hydrogen (secondary N) is 1. The van der Waals surface area contributed by atoms with Crippen molar-refractivity contribution in [3.05, 3.63) is 47.9 Å². The maximum atomic E-state index is 12.3. The van der Waals surface area contributed by atoms with E-state index in [1.807, 2.05) is 0 Å². The van der Waals surface area contributed by atoms with E-state index in [0.717, 1.165) is 25.7 Å². The van der Waals surface area contributed by atoms with Crippen molar-refractivity contribution in [1.82, 2.24) is 5.32 Å². The molecule has 0 saturated heterocycles. The van der Waals surface area contributed by atoms with E-state index in [0.29, 0.717) is 17.0 Å². The van der Waals surface area contributed by atoms with Crippen LogP contribution in [0.25, 0.3) is 0 Å². The van der Waals surface area contributed by atoms with Crippen LogP contribution in [-0.4, -0.2) is 24.6 Å². The lowest BCUT2D eigenvalue weighted by molar-refractivity contribution is -0.123. The van der Waals surface area contributed by atoms with Gasteiger partial charge in [-0.05, 0) is 56.0 Å². The summed E-state index contributed by atoms with van der Waals surface area (Å²) in [5, 5.41) is 2.68. The Kier molecular flexibility index (Phi) is 6.35. The zero-order valence-electron chi connectivity index (χ0n) is 15.1. The van der Waals surface area contributed by atoms with Crippen LogP contribution >= 0.6 is 0 Å². The van der Waals surface area contributed by atoms with Gasteiger partial charge in [-0.25, -0.2) is 4.79 Å². The lowest BCUT2D eigenvalue weighted by Crippen LogP contribution is -2.28. The van der Waals surface area contributed by atoms with Gasteiger partial charge in [-0.1, -0.05) is 6.42 Å². The molecule has 1 amide bonds. The molecule has 27 heavy (non-hydrogen) atoms. The number of anilines is 1. The molecule has 1 saturated carbocycles. The Labute approximate surface area is 157 Å². The quantitative estimate of drug-likeness (QED) is 0.572. The molecule has 144 valence electrons. The third kappa shape index (κ3) is 5.51. The summed E-state index contributed by atoms with van der Waals surface area (Å²) in [5.74, 6) is 0.214. The number of carbonyl (C=O) groups excluding carboxylic acids is 2. The zero-order chi connectivity index (χ0) is 19.1. The second-order valence-corrected chi connectivity index (χ2v) is 6.56. The Bertz CT molecular complexity index is 767. The van der Waals surface area contributed by atoms with Gasteiger partial charge in [0.25, 0.3) is 5.91 Å². The predicted molar refractivity (Wildman–Crippen MR) is 99.2 cm³/mol. The summed E-state index contributed by atoms with van der Waals surface area (Å²) in [6, 6.07) is 8.20. The molecular formula is C20H24N2O5. The largest absolute Gasteiger partial charge is 0.482 e. The lowest BCUT2D eigenvalue weighted by atomic mass is 9.98. The second-order valence-electron chi connectivity index (χ2n) is 6.56. The van der Waals surface area contributed by atoms with Crippen molar-refractivity contribution in [2.45, 2.75) is 44.8 Å². The van der Waals surface area contributed by atoms with Crippen molar-refractivity contribution < 1.29 is 23.5 Å². The van der Waals surface area contributed by atoms with Gasteiger partial charge in [-0.3, -0.25) is 4.79 Å². The van der Waals surface area contributed by atoms with E-state index in [4.69, 9.17) is 19.6 Å². The molecule has 0 bridgehead atoms. The van der Waals surface area contributed by atoms with Gasteiger partial charge in [0, 0.05) is 0 Å². The summed E-state index contributed by atoms with van der Waals surface area (Å²) in [4.78, 5) is 24.2. The Hall–Kier alpha value is -2.96. The molecule has 1 aromatic heterocycles. The molecule has 1 aromatic carbocycles. The fourth-order valence-electron chi connectivity index (χ4n) is 2.98. The first-order chi connectivity index (χ1) is 13.1. The third-order valence-electron chi connectivity index (χ3n) is 4.47. The van der Waals surface area contributed by atoms with E-state index < -0.39 is 5.97 Å². The highest BCUT2D eigenvalue weighted by atomic mass is 16.5. The van der Waals surface area contributed by atoms with Gasteiger partial charge in [0.2, 0.25) is 0 Å². The van der Waals surface area contributed by atoms with Crippen molar-refractivity contribution in [1.29, 1.82) is 0 Å². The standard InChI is InChI=1S/C20H24N2O5/c21-17-9-8-14(20(24)27-15-5-2-1-3-6-15)11-18(17)26-13-19(23)22-12-16-7-4-10-25-16/h4,7-11,15H,1-3,5-6,12-13,21H2,(H,22,23). The van der Waals surface area contributed by atoms with Gasteiger partial charge >= 0.3 is 5.97 Å². The van der Waals surface area contributed by atoms with Gasteiger partial charge in [0.15, 0.2) is 6.61 Å². The van der Waals surface area contributed by atoms with Crippen LogP contribution in [0.4, 0.5) is 5.69 Å². The number of benzene rings is 1. The molecule has 1 fully saturated rings. The number of nitrogens with two attached hydrogens (primary N) is 1. The SMILES string of the molecule is Nc1ccc(C(=O)OC2CCCCC2)cc1OCC(=O)NCc1ccco1. The number of hydrogen-bond acceptors (Lipinski definition) is 6. The van der Waals surface area contributed by atoms with E-state index in [1.165, 1.54) is 18.8 Å². The normalized spacial score (nSPS) is 14.5. The summed E-state index contributed by atoms with van der Waals surface area (Å²) in [5.41, 5.74) is 6.60. The average Bonchev–Trinajstić information content (AvgIpc) is 3.20. The minimum absolute atomic E-state index is 0.0273. The molecular weight excluding hydrogens is 348 g/mol. The molecule has 0 atom stereocenters. The zero-order valence-corrected chi connectivity index (χ0v) is 15.1. The van der Waals surface area contributed by atoms with Crippen LogP contribution < -0.4 is 15.8 Å². The van der Waals surface area contributed by atoms with Crippen LogP contribution in [-0.2, 0) is 16.1 Å². The predicted octanol–water partition coefficient (Wildman–Crippen LogP) is 3.05. The van der Waals surface area contributed by atoms with Crippen LogP contribution in [0.15, 0.2) is 41.0 Å². The van der Waals surface area contributed by atoms with E-state index >= 15 is 0 Å². The van der Waals surface area contributed by atoms with E-state index in [1.54, 1.807) is 24.3 Å². The van der Waals surface area contributed by atoms with Crippen LogP contribution in [0.2, 0.25) is 0 Å². The number of hydrogen-bond donors (Lipinski definition) is 2. The number of amides is 1. The van der Waals surface area contributed by atoms with Crippen LogP contribution in [0, 0.1) is 0 Å². The number of furan rings is 1. The molecule has 1 aliphatic rings. The number of nitrogen functional groups attached to an aromatic ring is 1. The smallest absolute Gasteiger partial charge is 0.338 e. The molecule has 2 aromatic rings. The van der Waals surface area contributed by atoms with E-state index in [-0.39, 0.29) is 30.9 Å². The lowest BCUT2D eigenvalue weighted by Gasteiger charge is -2.22. The van der Waals surface area contributed by atoms with E-state index in [9.17, 15) is 9.59 Å². The minimum atomic E-state index is -0.394. The van der Waals surface area contributed by atoms with Gasteiger partial charge < -0.3 is 24.9 Å². The Morgan fingerprint density at radius 2 is 2.00 bits per heavy atom. The van der Waals surface area contributed by atoms with Gasteiger partial charge in [0.05, 0.1) is 24.1 Å². The van der Waals surface area contributed by atoms with Crippen LogP contribution in [0.3, 0.4) is 0 Å². The van der Waals surface area contributed by atoms with Crippen molar-refractivity contribution in [3.63, 3.8) is 0 Å². The highest BCUT2D eigenvalue weighted by Gasteiger charge is 2.19. The second kappa shape index (κ2) is 9.12. The molecule has 0 aliphatic heterocycles. The Morgan fingerprint density at radius 1 is 1.19 bits per heavy atom. The highest BCUT2D eigenvalue weighted by molar-refractivity contribution is 5.91. The highest BCUT2D eigenvalue weighted by Crippen LogP contribution is 2.25. The molecule has 0 unspecified atom stereocenters. The number of ether oxygens (including phenoxy) is 2. The van der Waals surface area contributed by atoms with Gasteiger partial charge in [-0.2, -0.15) is 0 Å². The minimum Gasteiger partial charge on any atom is -0.482 e. The number of rotatable bonds is 7. The summed E-state index contributed by atoms with van der Waals surface area (Å²) < 4.78 is 16.2. The van der Waals surface area contributed by atoms with Crippen LogP contribution in [0.1, 0.15) is 48.2 Å². The van der Waals surface area contributed by atoms with Crippen LogP contribution in [0.5, 0.6) is 5.75 Å². The number of carbonyl (C=O) groups is 2. The van der Waals surface area contributed by atoms with Crippen molar-refractivity contribution >= 4 is 17.6 Å². The topological polar surface area (TPSA) is 104 Å². The monoisotopic (exact) mass is 372 g/mol. The molecule has 1 aliphatic carbocycles. The first-order valence-corrected chi connectivity index (χ1v) is 9.14. The first-order valence-electron chi connectivity index (χ1n) is 9.14. The first kappa shape index (κ1) is 18.8. The van der Waals surface area contributed by atoms with Gasteiger partial charge in [0.1, 0.15) is 17.6 Å². The molecule has 7 nitrogen and oxygen atoms in total. The fraction of sp³-hybridized carbons (Fsp3) is 0.400. The van der Waals surface area contributed by atoms with Crippen molar-refractivity contribution in [2.75, 3.05) is 12.3 Å². The molecule has 3 rings (SSSR count). The fourth-order valence-corrected chi connectivity index (χ4v) is 2.98. The maximum Gasteiger partial charge on any atom is 0.338 e. The van der Waals surface area contributed by atoms with Gasteiger partial charge in [-0.15, -0.1) is 0 Å². The molecule has 3 N–H and O–H groups in total. The average molecular weight is 372 g/mol. The summed E-state index contributed by atoms with van der Waals surface area (Å²) in [6.07, 6.45) is 6.68. The summed E-state index contributed by atoms with van der Waals surface area (Å²) in [7, 11) is 0. The summed E-state index contributed by atoms with van der Waals surface area (Å²) in [6.45, 7) is 0.0600. The summed E-state index contributed by atoms with van der Waals surface area (Å²) >= 11 is 0.